The van der Waals surface area contributed by atoms with E-state index in [1.165, 1.54) is 104 Å². The first-order valence-electron chi connectivity index (χ1n) is 39.2. The van der Waals surface area contributed by atoms with Crippen LogP contribution in [0.4, 0.5) is 61.5 Å². The van der Waals surface area contributed by atoms with E-state index in [4.69, 9.17) is 38.7 Å². The molecule has 0 spiro atoms. The summed E-state index contributed by atoms with van der Waals surface area (Å²) >= 11 is 11.3. The molecule has 0 atom stereocenters. The predicted molar refractivity (Wildman–Crippen MR) is 478 cm³/mol. The molecular formula is C90H70F14N8O12S8. The molecule has 4 N–H and O–H groups in total. The van der Waals surface area contributed by atoms with Crippen LogP contribution in [0.3, 0.4) is 0 Å². The van der Waals surface area contributed by atoms with E-state index in [2.05, 4.69) is 39.9 Å². The number of carboxylic acids is 4. The molecule has 0 aliphatic rings. The van der Waals surface area contributed by atoms with Gasteiger partial charge in [0.1, 0.15) is 65.9 Å². The van der Waals surface area contributed by atoms with Crippen molar-refractivity contribution in [3.63, 3.8) is 0 Å². The predicted octanol–water partition coefficient (Wildman–Crippen LogP) is 26.6. The minimum Gasteiger partial charge on any atom is -0.484 e. The van der Waals surface area contributed by atoms with Crippen molar-refractivity contribution in [2.45, 2.75) is 153 Å². The average Bonchev–Trinajstić information content (AvgIpc) is 1.66. The Morgan fingerprint density at radius 2 is 0.682 bits per heavy atom. The van der Waals surface area contributed by atoms with Crippen molar-refractivity contribution in [2.75, 3.05) is 0 Å². The maximum Gasteiger partial charge on any atom is 0.419 e. The number of hydrogen-bond acceptors (Lipinski definition) is 24. The van der Waals surface area contributed by atoms with Gasteiger partial charge in [-0.25, -0.2) is 48.7 Å². The maximum absolute atomic E-state index is 14.0. The lowest BCUT2D eigenvalue weighted by Crippen LogP contribution is -2.07. The lowest BCUT2D eigenvalue weighted by Gasteiger charge is -2.08. The van der Waals surface area contributed by atoms with E-state index < -0.39 is 82.5 Å². The fraction of sp³-hybridized carbons (Fsp3) is 0.244. The number of hydrogen-bond donors (Lipinski definition) is 4. The average molecular weight is 1980 g/mol. The molecule has 20 nitrogen and oxygen atoms in total. The number of ether oxygens (including phenoxy) is 2. The highest BCUT2D eigenvalue weighted by Gasteiger charge is 2.37. The van der Waals surface area contributed by atoms with Crippen molar-refractivity contribution in [3.8, 4) is 53.8 Å². The summed E-state index contributed by atoms with van der Waals surface area (Å²) in [5, 5.41) is 39.0. The number of thiazole rings is 6. The molecule has 0 saturated heterocycles. The monoisotopic (exact) mass is 1980 g/mol. The van der Waals surface area contributed by atoms with Gasteiger partial charge in [0, 0.05) is 66.1 Å². The van der Waals surface area contributed by atoms with Crippen molar-refractivity contribution in [1.82, 2.24) is 39.9 Å². The quantitative estimate of drug-likeness (QED) is 0.0289. The smallest absolute Gasteiger partial charge is 0.419 e. The van der Waals surface area contributed by atoms with Gasteiger partial charge in [-0.05, 0) is 150 Å². The maximum atomic E-state index is 14.0. The van der Waals surface area contributed by atoms with Gasteiger partial charge in [0.25, 0.3) is 0 Å². The molecule has 8 aromatic carbocycles. The van der Waals surface area contributed by atoms with Gasteiger partial charge in [0.2, 0.25) is 0 Å². The highest BCUT2D eigenvalue weighted by molar-refractivity contribution is 7.99. The summed E-state index contributed by atoms with van der Waals surface area (Å²) in [5.74, 6) is -3.67. The third-order valence-corrected chi connectivity index (χ3v) is 29.7. The molecular weight excluding hydrogens is 1910 g/mol. The third kappa shape index (κ3) is 24.0. The van der Waals surface area contributed by atoms with Gasteiger partial charge in [0.05, 0.1) is 101 Å². The molecule has 688 valence electrons. The number of fused-ring (bicyclic) bond motifs is 4. The Balaban J connectivity index is 0.000000150. The number of benzene rings is 8. The Kier molecular flexibility index (Phi) is 30.2. The van der Waals surface area contributed by atoms with Crippen molar-refractivity contribution in [3.05, 3.63) is 254 Å². The highest BCUT2D eigenvalue weighted by atomic mass is 32.2. The summed E-state index contributed by atoms with van der Waals surface area (Å²) in [6, 6.07) is 30.3. The Morgan fingerprint density at radius 3 is 1.01 bits per heavy atom. The van der Waals surface area contributed by atoms with Gasteiger partial charge in [0.15, 0.2) is 34.4 Å². The van der Waals surface area contributed by atoms with Crippen LogP contribution in [0.2, 0.25) is 0 Å². The molecule has 0 saturated carbocycles. The number of aryl methyl sites for hydroxylation is 10. The molecule has 132 heavy (non-hydrogen) atoms. The van der Waals surface area contributed by atoms with Crippen LogP contribution in [-0.4, -0.2) is 84.2 Å². The van der Waals surface area contributed by atoms with Gasteiger partial charge < -0.3 is 38.7 Å². The molecule has 42 heteroatoms. The summed E-state index contributed by atoms with van der Waals surface area (Å²) in [6.07, 6.45) is -18.4. The van der Waals surface area contributed by atoms with E-state index in [0.717, 1.165) is 127 Å². The van der Waals surface area contributed by atoms with E-state index in [-0.39, 0.29) is 63.2 Å². The number of nitrogens with zero attached hydrogens (tertiary/aromatic N) is 8. The number of rotatable bonds is 26. The van der Waals surface area contributed by atoms with E-state index in [1.54, 1.807) is 55.6 Å². The van der Waals surface area contributed by atoms with Crippen molar-refractivity contribution in [1.29, 1.82) is 0 Å². The van der Waals surface area contributed by atoms with E-state index in [0.29, 0.717) is 114 Å². The number of alkyl halides is 12. The fourth-order valence-corrected chi connectivity index (χ4v) is 22.1. The van der Waals surface area contributed by atoms with Crippen LogP contribution in [0.25, 0.3) is 84.9 Å². The Bertz CT molecular complexity index is 6990. The van der Waals surface area contributed by atoms with Crippen LogP contribution in [0, 0.1) is 67.0 Å². The normalized spacial score (nSPS) is 11.9. The van der Waals surface area contributed by atoms with E-state index in [9.17, 15) is 80.6 Å². The van der Waals surface area contributed by atoms with Crippen LogP contribution in [0.1, 0.15) is 121 Å². The lowest BCUT2D eigenvalue weighted by molar-refractivity contribution is -0.140. The van der Waals surface area contributed by atoms with Gasteiger partial charge in [-0.2, -0.15) is 52.7 Å². The van der Waals surface area contributed by atoms with Gasteiger partial charge in [-0.15, -0.1) is 91.5 Å². The topological polar surface area (TPSA) is 297 Å². The zero-order valence-corrected chi connectivity index (χ0v) is 76.5. The summed E-state index contributed by atoms with van der Waals surface area (Å²) in [7, 11) is 0. The van der Waals surface area contributed by atoms with Gasteiger partial charge in [-0.3, -0.25) is 19.2 Å². The number of aliphatic carboxylic acids is 4. The van der Waals surface area contributed by atoms with Crippen LogP contribution < -0.4 is 9.47 Å². The zero-order chi connectivity index (χ0) is 95.3. The summed E-state index contributed by atoms with van der Waals surface area (Å²) < 4.78 is 207. The first-order valence-corrected chi connectivity index (χ1v) is 46.0. The number of halogens is 14. The van der Waals surface area contributed by atoms with Crippen LogP contribution >= 0.6 is 91.5 Å². The van der Waals surface area contributed by atoms with Gasteiger partial charge in [-0.1, -0.05) is 60.7 Å². The van der Waals surface area contributed by atoms with Crippen LogP contribution in [-0.2, 0) is 94.3 Å². The second-order valence-corrected chi connectivity index (χ2v) is 37.9. The molecule has 16 aromatic rings. The first kappa shape index (κ1) is 97.7. The molecule has 16 rings (SSSR count). The largest absolute Gasteiger partial charge is 0.484 e. The Hall–Kier alpha value is -11.8. The molecule has 0 bridgehead atoms. The minimum atomic E-state index is -4.77. The Labute approximate surface area is 772 Å². The van der Waals surface area contributed by atoms with Crippen molar-refractivity contribution in [2.24, 2.45) is 0 Å². The molecule has 0 radical (unpaired) electrons. The summed E-state index contributed by atoms with van der Waals surface area (Å²) in [5.41, 5.74) is 7.85. The molecule has 0 fully saturated rings. The molecule has 0 unspecified atom stereocenters. The minimum absolute atomic E-state index is 0.0885. The summed E-state index contributed by atoms with van der Waals surface area (Å²) in [4.78, 5) is 84.5. The standard InChI is InChI=1S/C23H18F4N2O4S.C23H19F3N2O4S.C22H16F4N2O2S3.C22H17F3N2O2S3/c1-11-3-6-16-21(33-18(29-16)7-8-19(30)31)20(11)32-10-17-12(2)28-22(34-17)13-4-5-14(15(24)9-13)23(25,26)27;1-12-3-8-16-21(32-18(28-16)9-10-19(29)30)20(12)31-11-17-13(2)27-22(33-17)14-4-6-15(7-5-14)23(24,25)26;1-10-3-6-15-20(33-17(28-15)8-18(29)30)19(10)31-9-16-11(2)27-21(32-16)12-4-5-13(14(23)7-12)22(24,25)26;1-11-3-8-15-20(32-17(27-15)9-18(28)29)19(11)30-10-16-12(2)26-21(31-16)13-4-6-14(7-5-13)22(23,24)25/h3-6,9H,7-8,10H2,1-2H3,(H,30,31);3-8H,9-11H2,1-2H3,(H,29,30);3-7H,8-9H2,1-2H3,(H,29,30);3-8H,9-10H2,1-2H3,(H,28,29). The lowest BCUT2D eigenvalue weighted by atomic mass is 10.1. The molecule has 0 aliphatic heterocycles. The first-order chi connectivity index (χ1) is 62.3. The molecule has 8 aromatic heterocycles. The van der Waals surface area contributed by atoms with Crippen molar-refractivity contribution < 1.29 is 119 Å². The van der Waals surface area contributed by atoms with Crippen LogP contribution in [0.5, 0.6) is 11.5 Å². The van der Waals surface area contributed by atoms with Crippen molar-refractivity contribution >= 4 is 158 Å². The number of carboxylic acid groups (broad SMARTS) is 4. The number of thioether (sulfide) groups is 2. The second-order valence-electron chi connectivity index (χ2n) is 29.4. The third-order valence-electron chi connectivity index (χ3n) is 19.6. The number of aromatic nitrogens is 8. The SMILES string of the molecule is Cc1ccc2nc(CC(=O)O)sc2c1SCc1sc(-c2ccc(C(F)(F)F)c(F)c2)nc1C.Cc1ccc2nc(CC(=O)O)sc2c1SCc1sc(-c2ccc(C(F)(F)F)cc2)nc1C.Cc1ccc2nc(CCC(=O)O)oc2c1OCc1sc(-c2ccc(C(F)(F)F)c(F)c2)nc1C.Cc1ccc2nc(CCC(=O)O)oc2c1OCc1sc(-c2ccc(C(F)(F)F)cc2)nc1C. The number of carbonyl (C=O) groups is 4. The van der Waals surface area contributed by atoms with E-state index >= 15 is 0 Å². The highest BCUT2D eigenvalue weighted by Crippen LogP contribution is 2.46. The summed E-state index contributed by atoms with van der Waals surface area (Å²) in [6.45, 7) is 15.2. The molecule has 0 aliphatic carbocycles. The second kappa shape index (κ2) is 40.7. The zero-order valence-electron chi connectivity index (χ0n) is 70.0. The Morgan fingerprint density at radius 1 is 0.364 bits per heavy atom. The van der Waals surface area contributed by atoms with Crippen LogP contribution in [0.15, 0.2) is 152 Å². The number of oxazole rings is 2. The molecule has 0 amide bonds. The van der Waals surface area contributed by atoms with Gasteiger partial charge >= 0.3 is 48.6 Å². The van der Waals surface area contributed by atoms with E-state index in [1.807, 2.05) is 71.9 Å². The molecule has 8 heterocycles. The fourth-order valence-electron chi connectivity index (χ4n) is 12.9.